The number of rotatable bonds is 5. The molecular weight excluding hydrogens is 504 g/mol. The molecule has 3 atom stereocenters. The zero-order valence-corrected chi connectivity index (χ0v) is 22.1. The van der Waals surface area contributed by atoms with Crippen LogP contribution in [0.2, 0.25) is 0 Å². The second-order valence-corrected chi connectivity index (χ2v) is 10.9. The molecule has 2 aromatic carbocycles. The smallest absolute Gasteiger partial charge is 0.271 e. The van der Waals surface area contributed by atoms with Crippen molar-refractivity contribution in [2.24, 2.45) is 5.92 Å². The predicted octanol–water partition coefficient (Wildman–Crippen LogP) is 4.26. The molecule has 1 spiro atoms. The van der Waals surface area contributed by atoms with Gasteiger partial charge in [-0.2, -0.15) is 5.26 Å². The van der Waals surface area contributed by atoms with Crippen molar-refractivity contribution >= 4 is 34.3 Å². The number of amides is 3. The number of hydrogen-bond donors (Lipinski definition) is 2. The first-order chi connectivity index (χ1) is 18.5. The number of aromatic nitrogens is 1. The van der Waals surface area contributed by atoms with Crippen LogP contribution >= 0.6 is 0 Å². The number of carbonyl (C=O) groups excluding carboxylic acids is 3. The van der Waals surface area contributed by atoms with Crippen molar-refractivity contribution in [3.8, 4) is 6.07 Å². The van der Waals surface area contributed by atoms with Gasteiger partial charge in [-0.3, -0.25) is 14.4 Å². The summed E-state index contributed by atoms with van der Waals surface area (Å²) in [6.45, 7) is 5.41. The number of nitrogens with one attached hydrogen (secondary N) is 2. The number of fused-ring (bicyclic) bond motifs is 3. The summed E-state index contributed by atoms with van der Waals surface area (Å²) in [6, 6.07) is 9.49. The summed E-state index contributed by atoms with van der Waals surface area (Å²) in [6.07, 6.45) is 0.448. The maximum atomic E-state index is 14.5. The number of H-pyrrole nitrogens is 1. The number of carbonyl (C=O) groups is 3. The van der Waals surface area contributed by atoms with E-state index in [-0.39, 0.29) is 41.4 Å². The van der Waals surface area contributed by atoms with Crippen LogP contribution in [0.25, 0.3) is 10.9 Å². The number of anilines is 1. The fourth-order valence-corrected chi connectivity index (χ4v) is 5.99. The Morgan fingerprint density at radius 3 is 2.67 bits per heavy atom. The Bertz CT molecular complexity index is 1560. The van der Waals surface area contributed by atoms with Gasteiger partial charge in [-0.25, -0.2) is 8.78 Å². The number of halogens is 2. The molecule has 10 heteroatoms. The molecule has 0 saturated carbocycles. The number of likely N-dealkylation sites (tertiary alicyclic amines) is 1. The maximum Gasteiger partial charge on any atom is 0.271 e. The van der Waals surface area contributed by atoms with Gasteiger partial charge in [0, 0.05) is 37.2 Å². The largest absolute Gasteiger partial charge is 0.350 e. The molecule has 2 aliphatic heterocycles. The Labute approximate surface area is 224 Å². The van der Waals surface area contributed by atoms with E-state index in [1.807, 2.05) is 32.0 Å². The molecular formula is C29H29F2N5O3. The molecule has 0 bridgehead atoms. The van der Waals surface area contributed by atoms with Crippen molar-refractivity contribution in [3.63, 3.8) is 0 Å². The monoisotopic (exact) mass is 533 g/mol. The van der Waals surface area contributed by atoms with Gasteiger partial charge in [-0.05, 0) is 42.5 Å². The molecule has 2 N–H and O–H groups in total. The number of nitriles is 1. The molecule has 3 amide bonds. The summed E-state index contributed by atoms with van der Waals surface area (Å²) in [5.41, 5.74) is 0.871. The van der Waals surface area contributed by atoms with Gasteiger partial charge in [-0.15, -0.1) is 0 Å². The first-order valence-corrected chi connectivity index (χ1v) is 12.8. The Balaban J connectivity index is 1.49. The summed E-state index contributed by atoms with van der Waals surface area (Å²) < 4.78 is 28.3. The lowest BCUT2D eigenvalue weighted by molar-refractivity contribution is -0.136. The predicted molar refractivity (Wildman–Crippen MR) is 141 cm³/mol. The highest BCUT2D eigenvalue weighted by Crippen LogP contribution is 2.46. The van der Waals surface area contributed by atoms with Crippen LogP contribution < -0.4 is 5.32 Å². The van der Waals surface area contributed by atoms with E-state index in [1.54, 1.807) is 13.0 Å². The number of likely N-dealkylation sites (N-methyl/N-ethyl adjacent to an activating group) is 1. The molecule has 8 nitrogen and oxygen atoms in total. The third-order valence-electron chi connectivity index (χ3n) is 7.96. The first-order valence-electron chi connectivity index (χ1n) is 12.8. The first kappa shape index (κ1) is 26.4. The lowest BCUT2D eigenvalue weighted by atomic mass is 9.80. The number of nitrogens with zero attached hydrogens (tertiary/aromatic N) is 3. The Kier molecular flexibility index (Phi) is 6.41. The Morgan fingerprint density at radius 2 is 1.97 bits per heavy atom. The topological polar surface area (TPSA) is 109 Å². The van der Waals surface area contributed by atoms with Crippen molar-refractivity contribution in [3.05, 3.63) is 64.9 Å². The second-order valence-electron chi connectivity index (χ2n) is 10.9. The van der Waals surface area contributed by atoms with Gasteiger partial charge in [0.25, 0.3) is 5.91 Å². The Morgan fingerprint density at radius 1 is 1.26 bits per heavy atom. The highest BCUT2D eigenvalue weighted by Gasteiger charge is 2.56. The van der Waals surface area contributed by atoms with E-state index in [0.29, 0.717) is 17.7 Å². The molecule has 0 radical (unpaired) electrons. The van der Waals surface area contributed by atoms with Crippen molar-refractivity contribution < 1.29 is 23.2 Å². The minimum atomic E-state index is -1.05. The second kappa shape index (κ2) is 9.49. The maximum absolute atomic E-state index is 14.5. The molecule has 5 rings (SSSR count). The molecule has 3 heterocycles. The number of hydrogen-bond acceptors (Lipinski definition) is 4. The summed E-state index contributed by atoms with van der Waals surface area (Å²) in [7, 11) is 1.49. The van der Waals surface area contributed by atoms with E-state index in [2.05, 4.69) is 16.4 Å². The summed E-state index contributed by atoms with van der Waals surface area (Å²) in [5.74, 6) is -2.81. The molecule has 1 aromatic heterocycles. The van der Waals surface area contributed by atoms with E-state index in [9.17, 15) is 28.4 Å². The molecule has 0 unspecified atom stereocenters. The summed E-state index contributed by atoms with van der Waals surface area (Å²) in [4.78, 5) is 46.4. The molecule has 202 valence electrons. The van der Waals surface area contributed by atoms with Crippen LogP contribution in [-0.4, -0.2) is 58.2 Å². The minimum Gasteiger partial charge on any atom is -0.350 e. The third kappa shape index (κ3) is 4.13. The highest BCUT2D eigenvalue weighted by atomic mass is 19.1. The zero-order valence-electron chi connectivity index (χ0n) is 22.1. The number of benzene rings is 2. The van der Waals surface area contributed by atoms with Crippen molar-refractivity contribution in [2.75, 3.05) is 18.9 Å². The Hall–Kier alpha value is -4.26. The zero-order chi connectivity index (χ0) is 28.2. The van der Waals surface area contributed by atoms with Gasteiger partial charge in [0.15, 0.2) is 0 Å². The van der Waals surface area contributed by atoms with Gasteiger partial charge in [-0.1, -0.05) is 32.0 Å². The van der Waals surface area contributed by atoms with Crippen LogP contribution in [0, 0.1) is 35.8 Å². The van der Waals surface area contributed by atoms with Crippen LogP contribution in [0.3, 0.4) is 0 Å². The van der Waals surface area contributed by atoms with Gasteiger partial charge in [0.2, 0.25) is 11.8 Å². The lowest BCUT2D eigenvalue weighted by Crippen LogP contribution is -2.52. The average Bonchev–Trinajstić information content (AvgIpc) is 3.53. The molecule has 39 heavy (non-hydrogen) atoms. The van der Waals surface area contributed by atoms with E-state index in [1.165, 1.54) is 16.8 Å². The fourth-order valence-electron chi connectivity index (χ4n) is 5.99. The standard InChI is InChI=1S/C29H29F2N5O3/c1-15(2)9-23(35(4)27(38)25-16(3)24-20(31)10-17(30)11-22(24)33-25)26(37)36-14-29(12-18(36)13-32)19-7-5-6-8-21(19)34-28(29)39/h5-8,10-11,15,18,23,33H,9,12,14H2,1-4H3,(H,34,39)/t18-,23-,29-/m0/s1. The van der Waals surface area contributed by atoms with Crippen molar-refractivity contribution in [1.82, 2.24) is 14.8 Å². The van der Waals surface area contributed by atoms with Crippen LogP contribution in [0.15, 0.2) is 36.4 Å². The van der Waals surface area contributed by atoms with Crippen molar-refractivity contribution in [1.29, 1.82) is 5.26 Å². The lowest BCUT2D eigenvalue weighted by Gasteiger charge is -2.33. The number of aromatic amines is 1. The van der Waals surface area contributed by atoms with Crippen molar-refractivity contribution in [2.45, 2.75) is 51.1 Å². The minimum absolute atomic E-state index is 0.0113. The quantitative estimate of drug-likeness (QED) is 0.511. The summed E-state index contributed by atoms with van der Waals surface area (Å²) in [5, 5.41) is 13.0. The van der Waals surface area contributed by atoms with E-state index >= 15 is 0 Å². The SMILES string of the molecule is Cc1c(C(=O)N(C)[C@@H](CC(C)C)C(=O)N2C[C@]3(C[C@H]2C#N)C(=O)Nc2ccccc23)[nH]c2cc(F)cc(F)c12. The van der Waals surface area contributed by atoms with Gasteiger partial charge < -0.3 is 20.1 Å². The van der Waals surface area contributed by atoms with Gasteiger partial charge >= 0.3 is 0 Å². The normalized spacial score (nSPS) is 20.8. The molecule has 1 fully saturated rings. The number of para-hydroxylation sites is 1. The third-order valence-corrected chi connectivity index (χ3v) is 7.96. The summed E-state index contributed by atoms with van der Waals surface area (Å²) >= 11 is 0. The molecule has 2 aliphatic rings. The van der Waals surface area contributed by atoms with Crippen LogP contribution in [0.5, 0.6) is 0 Å². The van der Waals surface area contributed by atoms with Crippen LogP contribution in [0.4, 0.5) is 14.5 Å². The molecule has 1 saturated heterocycles. The van der Waals surface area contributed by atoms with E-state index in [0.717, 1.165) is 17.7 Å². The highest BCUT2D eigenvalue weighted by molar-refractivity contribution is 6.08. The average molecular weight is 534 g/mol. The van der Waals surface area contributed by atoms with Gasteiger partial charge in [0.1, 0.15) is 29.4 Å². The van der Waals surface area contributed by atoms with Crippen LogP contribution in [0.1, 0.15) is 48.3 Å². The molecule has 3 aromatic rings. The van der Waals surface area contributed by atoms with E-state index < -0.39 is 40.9 Å². The fraction of sp³-hybridized carbons (Fsp3) is 0.379. The van der Waals surface area contributed by atoms with Crippen LogP contribution in [-0.2, 0) is 15.0 Å². The number of aryl methyl sites for hydroxylation is 1. The molecule has 0 aliphatic carbocycles. The van der Waals surface area contributed by atoms with E-state index in [4.69, 9.17) is 0 Å². The van der Waals surface area contributed by atoms with Gasteiger partial charge in [0.05, 0.1) is 17.0 Å².